The second-order valence-electron chi connectivity index (χ2n) is 6.43. The Morgan fingerprint density at radius 2 is 2.08 bits per heavy atom. The molecule has 0 bridgehead atoms. The van der Waals surface area contributed by atoms with E-state index >= 15 is 0 Å². The summed E-state index contributed by atoms with van der Waals surface area (Å²) in [5, 5.41) is 9.68. The summed E-state index contributed by atoms with van der Waals surface area (Å²) in [5.41, 5.74) is 0.944. The van der Waals surface area contributed by atoms with Gasteiger partial charge < -0.3 is 15.5 Å². The SMILES string of the molecule is CCNC(=NCc1csc(N(C)C)n1)NC1CCN(S(=O)(=O)CC)CC1. The van der Waals surface area contributed by atoms with E-state index in [4.69, 9.17) is 0 Å². The quantitative estimate of drug-likeness (QED) is 0.524. The van der Waals surface area contributed by atoms with Crippen molar-refractivity contribution in [2.24, 2.45) is 4.99 Å². The predicted octanol–water partition coefficient (Wildman–Crippen LogP) is 1.08. The van der Waals surface area contributed by atoms with Crippen LogP contribution in [0.4, 0.5) is 5.13 Å². The van der Waals surface area contributed by atoms with Crippen LogP contribution in [-0.4, -0.2) is 69.2 Å². The van der Waals surface area contributed by atoms with Gasteiger partial charge in [0.05, 0.1) is 18.0 Å². The molecule has 0 radical (unpaired) electrons. The lowest BCUT2D eigenvalue weighted by molar-refractivity contribution is 0.306. The summed E-state index contributed by atoms with van der Waals surface area (Å²) in [6.07, 6.45) is 1.57. The van der Waals surface area contributed by atoms with Crippen molar-refractivity contribution in [3.05, 3.63) is 11.1 Å². The molecule has 2 heterocycles. The van der Waals surface area contributed by atoms with Crippen LogP contribution < -0.4 is 15.5 Å². The van der Waals surface area contributed by atoms with E-state index in [0.717, 1.165) is 36.2 Å². The predicted molar refractivity (Wildman–Crippen MR) is 108 cm³/mol. The van der Waals surface area contributed by atoms with Crippen molar-refractivity contribution in [1.29, 1.82) is 0 Å². The summed E-state index contributed by atoms with van der Waals surface area (Å²) in [4.78, 5) is 11.2. The highest BCUT2D eigenvalue weighted by molar-refractivity contribution is 7.89. The van der Waals surface area contributed by atoms with Crippen molar-refractivity contribution < 1.29 is 8.42 Å². The molecule has 1 saturated heterocycles. The lowest BCUT2D eigenvalue weighted by Gasteiger charge is -2.32. The number of sulfonamides is 1. The van der Waals surface area contributed by atoms with Crippen LogP contribution in [0.3, 0.4) is 0 Å². The molecule has 0 spiro atoms. The van der Waals surface area contributed by atoms with Crippen molar-refractivity contribution in [3.63, 3.8) is 0 Å². The number of nitrogens with one attached hydrogen (secondary N) is 2. The van der Waals surface area contributed by atoms with Gasteiger partial charge in [-0.25, -0.2) is 22.7 Å². The smallest absolute Gasteiger partial charge is 0.213 e. The first-order chi connectivity index (χ1) is 12.4. The van der Waals surface area contributed by atoms with E-state index in [2.05, 4.69) is 20.6 Å². The number of hydrogen-bond donors (Lipinski definition) is 2. The van der Waals surface area contributed by atoms with Crippen LogP contribution in [0.2, 0.25) is 0 Å². The summed E-state index contributed by atoms with van der Waals surface area (Å²) >= 11 is 1.61. The molecule has 1 aliphatic rings. The first kappa shape index (κ1) is 20.9. The number of piperidine rings is 1. The van der Waals surface area contributed by atoms with E-state index in [1.807, 2.05) is 31.3 Å². The third-order valence-electron chi connectivity index (χ3n) is 4.22. The van der Waals surface area contributed by atoms with E-state index in [1.54, 1.807) is 22.6 Å². The first-order valence-corrected chi connectivity index (χ1v) is 11.5. The largest absolute Gasteiger partial charge is 0.357 e. The van der Waals surface area contributed by atoms with Gasteiger partial charge in [-0.2, -0.15) is 0 Å². The van der Waals surface area contributed by atoms with Gasteiger partial charge in [0.1, 0.15) is 0 Å². The van der Waals surface area contributed by atoms with Gasteiger partial charge in [-0.3, -0.25) is 0 Å². The number of aromatic nitrogens is 1. The lowest BCUT2D eigenvalue weighted by Crippen LogP contribution is -2.50. The number of aliphatic imine (C=N–C) groups is 1. The molecule has 1 aromatic rings. The van der Waals surface area contributed by atoms with Gasteiger partial charge in [0.25, 0.3) is 0 Å². The summed E-state index contributed by atoms with van der Waals surface area (Å²) in [6.45, 7) is 6.13. The number of guanidine groups is 1. The fourth-order valence-electron chi connectivity index (χ4n) is 2.71. The number of rotatable bonds is 7. The second kappa shape index (κ2) is 9.52. The van der Waals surface area contributed by atoms with Crippen molar-refractivity contribution in [2.45, 2.75) is 39.3 Å². The molecule has 1 aliphatic heterocycles. The maximum atomic E-state index is 12.0. The van der Waals surface area contributed by atoms with E-state index in [9.17, 15) is 8.42 Å². The molecule has 0 saturated carbocycles. The molecule has 1 aromatic heterocycles. The number of nitrogens with zero attached hydrogens (tertiary/aromatic N) is 4. The average Bonchev–Trinajstić information content (AvgIpc) is 3.10. The van der Waals surface area contributed by atoms with E-state index in [0.29, 0.717) is 19.6 Å². The van der Waals surface area contributed by atoms with E-state index < -0.39 is 10.0 Å². The number of hydrogen-bond acceptors (Lipinski definition) is 6. The van der Waals surface area contributed by atoms with Crippen molar-refractivity contribution in [1.82, 2.24) is 19.9 Å². The molecule has 0 aliphatic carbocycles. The van der Waals surface area contributed by atoms with Crippen LogP contribution in [-0.2, 0) is 16.6 Å². The third kappa shape index (κ3) is 5.82. The highest BCUT2D eigenvalue weighted by Gasteiger charge is 2.26. The highest BCUT2D eigenvalue weighted by Crippen LogP contribution is 2.18. The molecule has 0 atom stereocenters. The van der Waals surface area contributed by atoms with Crippen LogP contribution in [0.1, 0.15) is 32.4 Å². The van der Waals surface area contributed by atoms with Crippen LogP contribution in [0.15, 0.2) is 10.4 Å². The topological polar surface area (TPSA) is 89.9 Å². The molecule has 8 nitrogen and oxygen atoms in total. The van der Waals surface area contributed by atoms with Crippen LogP contribution in [0, 0.1) is 0 Å². The first-order valence-electron chi connectivity index (χ1n) is 9.00. The molecule has 1 fully saturated rings. The minimum Gasteiger partial charge on any atom is -0.357 e. The fraction of sp³-hybridized carbons (Fsp3) is 0.750. The van der Waals surface area contributed by atoms with Gasteiger partial charge in [0.15, 0.2) is 11.1 Å². The Labute approximate surface area is 160 Å². The maximum Gasteiger partial charge on any atom is 0.213 e. The van der Waals surface area contributed by atoms with E-state index in [-0.39, 0.29) is 11.8 Å². The summed E-state index contributed by atoms with van der Waals surface area (Å²) in [5.74, 6) is 0.918. The Kier molecular flexibility index (Phi) is 7.66. The molecule has 0 unspecified atom stereocenters. The minimum absolute atomic E-state index is 0.164. The molecular weight excluding hydrogens is 372 g/mol. The van der Waals surface area contributed by atoms with E-state index in [1.165, 1.54) is 0 Å². The number of anilines is 1. The van der Waals surface area contributed by atoms with Crippen molar-refractivity contribution in [2.75, 3.05) is 44.4 Å². The monoisotopic (exact) mass is 402 g/mol. The third-order valence-corrected chi connectivity index (χ3v) is 7.16. The maximum absolute atomic E-state index is 12.0. The van der Waals surface area contributed by atoms with Crippen LogP contribution >= 0.6 is 11.3 Å². The zero-order valence-electron chi connectivity index (χ0n) is 16.0. The minimum atomic E-state index is -3.09. The standard InChI is InChI=1S/C16H30N6O2S2/c1-5-17-15(18-11-14-12-25-16(20-14)21(3)4)19-13-7-9-22(10-8-13)26(23,24)6-2/h12-13H,5-11H2,1-4H3,(H2,17,18,19). The Bertz CT molecular complexity index is 693. The second-order valence-corrected chi connectivity index (χ2v) is 9.52. The molecule has 2 rings (SSSR count). The van der Waals surface area contributed by atoms with Crippen LogP contribution in [0.5, 0.6) is 0 Å². The zero-order valence-corrected chi connectivity index (χ0v) is 17.7. The van der Waals surface area contributed by atoms with Crippen LogP contribution in [0.25, 0.3) is 0 Å². The molecule has 148 valence electrons. The zero-order chi connectivity index (χ0) is 19.2. The van der Waals surface area contributed by atoms with Crippen molar-refractivity contribution >= 4 is 32.5 Å². The van der Waals surface area contributed by atoms with Crippen molar-refractivity contribution in [3.8, 4) is 0 Å². The van der Waals surface area contributed by atoms with Gasteiger partial charge >= 0.3 is 0 Å². The summed E-state index contributed by atoms with van der Waals surface area (Å²) in [7, 11) is 0.864. The molecule has 0 amide bonds. The van der Waals surface area contributed by atoms with Gasteiger partial charge in [0.2, 0.25) is 10.0 Å². The number of thiazole rings is 1. The summed E-state index contributed by atoms with van der Waals surface area (Å²) < 4.78 is 25.5. The van der Waals surface area contributed by atoms with Gasteiger partial charge in [-0.05, 0) is 26.7 Å². The van der Waals surface area contributed by atoms with Gasteiger partial charge in [0, 0.05) is 45.2 Å². The Hall–Kier alpha value is -1.39. The Morgan fingerprint density at radius 1 is 1.38 bits per heavy atom. The Balaban J connectivity index is 1.91. The van der Waals surface area contributed by atoms with Gasteiger partial charge in [-0.1, -0.05) is 0 Å². The molecular formula is C16H30N6O2S2. The fourth-order valence-corrected chi connectivity index (χ4v) is 4.59. The highest BCUT2D eigenvalue weighted by atomic mass is 32.2. The van der Waals surface area contributed by atoms with Gasteiger partial charge in [-0.15, -0.1) is 11.3 Å². The molecule has 2 N–H and O–H groups in total. The molecule has 10 heteroatoms. The normalized spacial score (nSPS) is 17.3. The summed E-state index contributed by atoms with van der Waals surface area (Å²) in [6, 6.07) is 0.226. The lowest BCUT2D eigenvalue weighted by atomic mass is 10.1. The molecule has 0 aromatic carbocycles. The molecule has 26 heavy (non-hydrogen) atoms. The Morgan fingerprint density at radius 3 is 2.62 bits per heavy atom. The average molecular weight is 403 g/mol.